The highest BCUT2D eigenvalue weighted by atomic mass is 35.5. The summed E-state index contributed by atoms with van der Waals surface area (Å²) in [7, 11) is -4.22. The van der Waals surface area contributed by atoms with Gasteiger partial charge in [0.1, 0.15) is 12.6 Å². The predicted octanol–water partition coefficient (Wildman–Crippen LogP) is 7.40. The number of benzene rings is 4. The lowest BCUT2D eigenvalue weighted by molar-refractivity contribution is -0.140. The molecule has 4 rings (SSSR count). The normalized spacial score (nSPS) is 12.6. The van der Waals surface area contributed by atoms with Crippen LogP contribution in [-0.4, -0.2) is 43.8 Å². The van der Waals surface area contributed by atoms with Crippen LogP contribution >= 0.6 is 34.8 Å². The molecule has 0 unspecified atom stereocenters. The molecule has 0 aliphatic carbocycles. The molecule has 0 radical (unpaired) electrons. The Morgan fingerprint density at radius 1 is 0.800 bits per heavy atom. The number of carbonyl (C=O) groups excluding carboxylic acids is 2. The SMILES string of the molecule is CC[C@H](C)NC(=O)[C@H](Cc1ccccc1)N(Cc1c(Cl)cccc1Cl)C(=O)CN(c1ccc(Cl)cc1)S(=O)(=O)c1ccccc1. The third-order valence-electron chi connectivity index (χ3n) is 7.39. The van der Waals surface area contributed by atoms with Gasteiger partial charge in [-0.3, -0.25) is 13.9 Å². The van der Waals surface area contributed by atoms with Crippen LogP contribution in [-0.2, 0) is 32.6 Å². The first-order chi connectivity index (χ1) is 21.5. The Morgan fingerprint density at radius 3 is 1.96 bits per heavy atom. The number of anilines is 1. The molecule has 2 amide bonds. The summed E-state index contributed by atoms with van der Waals surface area (Å²) in [4.78, 5) is 29.8. The topological polar surface area (TPSA) is 86.8 Å². The Bertz CT molecular complexity index is 1690. The molecule has 7 nitrogen and oxygen atoms in total. The molecule has 236 valence electrons. The number of halogens is 3. The zero-order valence-corrected chi connectivity index (χ0v) is 28.0. The van der Waals surface area contributed by atoms with Gasteiger partial charge in [0.05, 0.1) is 10.6 Å². The van der Waals surface area contributed by atoms with Crippen molar-refractivity contribution in [3.05, 3.63) is 129 Å². The predicted molar refractivity (Wildman–Crippen MR) is 181 cm³/mol. The minimum atomic E-state index is -4.22. The number of sulfonamides is 1. The minimum absolute atomic E-state index is 0.00352. The Morgan fingerprint density at radius 2 is 1.38 bits per heavy atom. The van der Waals surface area contributed by atoms with Crippen LogP contribution < -0.4 is 9.62 Å². The van der Waals surface area contributed by atoms with Crippen LogP contribution in [0.5, 0.6) is 0 Å². The fourth-order valence-electron chi connectivity index (χ4n) is 4.70. The maximum absolute atomic E-state index is 14.5. The first kappa shape index (κ1) is 34.3. The van der Waals surface area contributed by atoms with E-state index in [0.29, 0.717) is 27.1 Å². The van der Waals surface area contributed by atoms with Gasteiger partial charge in [-0.05, 0) is 67.4 Å². The van der Waals surface area contributed by atoms with Crippen molar-refractivity contribution in [3.63, 3.8) is 0 Å². The summed E-state index contributed by atoms with van der Waals surface area (Å²) in [5.74, 6) is -1.01. The molecule has 0 spiro atoms. The van der Waals surface area contributed by atoms with Gasteiger partial charge >= 0.3 is 0 Å². The van der Waals surface area contributed by atoms with E-state index in [0.717, 1.165) is 9.87 Å². The highest BCUT2D eigenvalue weighted by molar-refractivity contribution is 7.92. The van der Waals surface area contributed by atoms with Crippen LogP contribution in [0.2, 0.25) is 15.1 Å². The van der Waals surface area contributed by atoms with Crippen molar-refractivity contribution in [1.82, 2.24) is 10.2 Å². The van der Waals surface area contributed by atoms with E-state index in [9.17, 15) is 18.0 Å². The molecule has 1 N–H and O–H groups in total. The van der Waals surface area contributed by atoms with Gasteiger partial charge < -0.3 is 10.2 Å². The molecule has 11 heteroatoms. The van der Waals surface area contributed by atoms with Gasteiger partial charge in [-0.15, -0.1) is 0 Å². The highest BCUT2D eigenvalue weighted by Gasteiger charge is 2.35. The van der Waals surface area contributed by atoms with Crippen molar-refractivity contribution in [2.75, 3.05) is 10.8 Å². The minimum Gasteiger partial charge on any atom is -0.352 e. The molecule has 4 aromatic carbocycles. The first-order valence-electron chi connectivity index (χ1n) is 14.4. The number of carbonyl (C=O) groups is 2. The van der Waals surface area contributed by atoms with Gasteiger partial charge in [0, 0.05) is 39.6 Å². The quantitative estimate of drug-likeness (QED) is 0.159. The average Bonchev–Trinajstić information content (AvgIpc) is 3.04. The maximum Gasteiger partial charge on any atom is 0.264 e. The number of nitrogens with one attached hydrogen (secondary N) is 1. The van der Waals surface area contributed by atoms with Gasteiger partial charge in [-0.2, -0.15) is 0 Å². The first-order valence-corrected chi connectivity index (χ1v) is 17.0. The molecule has 0 bridgehead atoms. The Hall–Kier alpha value is -3.56. The third kappa shape index (κ3) is 8.79. The zero-order chi connectivity index (χ0) is 32.6. The van der Waals surface area contributed by atoms with Gasteiger partial charge in [0.2, 0.25) is 11.8 Å². The van der Waals surface area contributed by atoms with Crippen LogP contribution in [0, 0.1) is 0 Å². The lowest BCUT2D eigenvalue weighted by atomic mass is 10.0. The van der Waals surface area contributed by atoms with Gasteiger partial charge in [-0.1, -0.05) is 96.3 Å². The molecule has 0 saturated carbocycles. The van der Waals surface area contributed by atoms with Crippen molar-refractivity contribution in [3.8, 4) is 0 Å². The van der Waals surface area contributed by atoms with E-state index in [1.807, 2.05) is 44.2 Å². The Labute approximate surface area is 279 Å². The van der Waals surface area contributed by atoms with Crippen LogP contribution in [0.1, 0.15) is 31.4 Å². The largest absolute Gasteiger partial charge is 0.352 e. The number of hydrogen-bond acceptors (Lipinski definition) is 4. The van der Waals surface area contributed by atoms with Gasteiger partial charge in [-0.25, -0.2) is 8.42 Å². The summed E-state index contributed by atoms with van der Waals surface area (Å²) >= 11 is 19.2. The van der Waals surface area contributed by atoms with E-state index in [1.54, 1.807) is 48.5 Å². The standard InChI is InChI=1S/C34H34Cl3N3O4S/c1-3-24(2)38-34(42)32(21-25-11-6-4-7-12-25)39(22-29-30(36)15-10-16-31(29)37)33(41)23-40(27-19-17-26(35)18-20-27)45(43,44)28-13-8-5-9-14-28/h4-20,24,32H,3,21-23H2,1-2H3,(H,38,42)/t24-,32-/m0/s1. The van der Waals surface area contributed by atoms with E-state index in [1.165, 1.54) is 29.2 Å². The van der Waals surface area contributed by atoms with Gasteiger partial charge in [0.25, 0.3) is 10.0 Å². The molecule has 2 atom stereocenters. The fourth-order valence-corrected chi connectivity index (χ4v) is 6.78. The van der Waals surface area contributed by atoms with E-state index in [4.69, 9.17) is 34.8 Å². The lowest BCUT2D eigenvalue weighted by Crippen LogP contribution is -2.54. The smallest absolute Gasteiger partial charge is 0.264 e. The van der Waals surface area contributed by atoms with Gasteiger partial charge in [0.15, 0.2) is 0 Å². The summed E-state index contributed by atoms with van der Waals surface area (Å²) in [6, 6.07) is 27.1. The van der Waals surface area contributed by atoms with Crippen molar-refractivity contribution < 1.29 is 18.0 Å². The van der Waals surface area contributed by atoms with E-state index < -0.39 is 28.5 Å². The average molecular weight is 687 g/mol. The van der Waals surface area contributed by atoms with Crippen LogP contribution in [0.25, 0.3) is 0 Å². The number of nitrogens with zero attached hydrogens (tertiary/aromatic N) is 2. The molecule has 4 aromatic rings. The summed E-state index contributed by atoms with van der Waals surface area (Å²) in [6.07, 6.45) is 0.844. The van der Waals surface area contributed by atoms with Crippen molar-refractivity contribution >= 4 is 62.3 Å². The molecular weight excluding hydrogens is 653 g/mol. The lowest BCUT2D eigenvalue weighted by Gasteiger charge is -2.34. The van der Waals surface area contributed by atoms with E-state index in [-0.39, 0.29) is 35.5 Å². The van der Waals surface area contributed by atoms with Crippen LogP contribution in [0.15, 0.2) is 108 Å². The molecule has 0 saturated heterocycles. The summed E-state index contributed by atoms with van der Waals surface area (Å²) in [5.41, 5.74) is 1.49. The zero-order valence-electron chi connectivity index (χ0n) is 24.9. The maximum atomic E-state index is 14.5. The fraction of sp³-hybridized carbons (Fsp3) is 0.235. The number of rotatable bonds is 13. The Kier molecular flexibility index (Phi) is 11.9. The monoisotopic (exact) mass is 685 g/mol. The second-order valence-electron chi connectivity index (χ2n) is 10.5. The summed E-state index contributed by atoms with van der Waals surface area (Å²) < 4.78 is 29.1. The summed E-state index contributed by atoms with van der Waals surface area (Å²) in [5, 5.41) is 4.03. The van der Waals surface area contributed by atoms with E-state index >= 15 is 0 Å². The van der Waals surface area contributed by atoms with Crippen molar-refractivity contribution in [2.45, 2.75) is 50.2 Å². The van der Waals surface area contributed by atoms with Crippen LogP contribution in [0.4, 0.5) is 5.69 Å². The molecule has 0 aliphatic heterocycles. The summed E-state index contributed by atoms with van der Waals surface area (Å²) in [6.45, 7) is 3.08. The van der Waals surface area contributed by atoms with E-state index in [2.05, 4.69) is 5.32 Å². The second-order valence-corrected chi connectivity index (χ2v) is 13.7. The molecular formula is C34H34Cl3N3O4S. The molecule has 0 aromatic heterocycles. The highest BCUT2D eigenvalue weighted by Crippen LogP contribution is 2.29. The second kappa shape index (κ2) is 15.6. The van der Waals surface area contributed by atoms with Crippen molar-refractivity contribution in [2.24, 2.45) is 0 Å². The third-order valence-corrected chi connectivity index (χ3v) is 10.1. The molecule has 0 heterocycles. The molecule has 0 fully saturated rings. The van der Waals surface area contributed by atoms with Crippen molar-refractivity contribution in [1.29, 1.82) is 0 Å². The molecule has 45 heavy (non-hydrogen) atoms. The van der Waals surface area contributed by atoms with Crippen LogP contribution in [0.3, 0.4) is 0 Å². The Balaban J connectivity index is 1.83. The number of hydrogen-bond donors (Lipinski definition) is 1. The molecule has 0 aliphatic rings. The number of amides is 2.